The van der Waals surface area contributed by atoms with Crippen molar-refractivity contribution in [2.45, 2.75) is 31.8 Å². The van der Waals surface area contributed by atoms with E-state index in [1.54, 1.807) is 12.1 Å². The summed E-state index contributed by atoms with van der Waals surface area (Å²) in [5, 5.41) is 1.21. The summed E-state index contributed by atoms with van der Waals surface area (Å²) in [5.74, 6) is -0.00532. The summed E-state index contributed by atoms with van der Waals surface area (Å²) >= 11 is 15.5. The normalized spacial score (nSPS) is 20.1. The second-order valence-corrected chi connectivity index (χ2v) is 8.47. The summed E-state index contributed by atoms with van der Waals surface area (Å²) in [4.78, 5) is 14.4. The molecule has 0 aliphatic carbocycles. The van der Waals surface area contributed by atoms with Crippen LogP contribution in [0.3, 0.4) is 0 Å². The summed E-state index contributed by atoms with van der Waals surface area (Å²) in [6, 6.07) is 13.2. The Morgan fingerprint density at radius 2 is 2.03 bits per heavy atom. The number of benzene rings is 2. The van der Waals surface area contributed by atoms with E-state index in [4.69, 9.17) is 32.7 Å². The molecule has 1 saturated heterocycles. The Hall–Kier alpha value is -1.37. The number of rotatable bonds is 7. The van der Waals surface area contributed by atoms with Gasteiger partial charge in [0.2, 0.25) is 5.91 Å². The van der Waals surface area contributed by atoms with Gasteiger partial charge < -0.3 is 14.4 Å². The minimum atomic E-state index is -0.614. The van der Waals surface area contributed by atoms with Crippen molar-refractivity contribution in [2.75, 3.05) is 18.5 Å². The molecule has 7 heteroatoms. The maximum Gasteiger partial charge on any atom is 0.233 e. The third-order valence-corrected chi connectivity index (χ3v) is 6.31. The molecule has 0 bridgehead atoms. The number of hydrogen-bond acceptors (Lipinski definition) is 3. The average molecular weight is 513 g/mol. The van der Waals surface area contributed by atoms with Crippen molar-refractivity contribution < 1.29 is 14.3 Å². The van der Waals surface area contributed by atoms with Gasteiger partial charge in [-0.3, -0.25) is 4.79 Å². The Balaban J connectivity index is 1.88. The molecular weight excluding hydrogens is 489 g/mol. The zero-order chi connectivity index (χ0) is 21.7. The van der Waals surface area contributed by atoms with Crippen molar-refractivity contribution in [3.8, 4) is 0 Å². The van der Waals surface area contributed by atoms with Crippen LogP contribution in [0.25, 0.3) is 0 Å². The van der Waals surface area contributed by atoms with Crippen LogP contribution in [0.2, 0.25) is 10.0 Å². The van der Waals surface area contributed by atoms with Gasteiger partial charge in [-0.05, 0) is 42.2 Å². The van der Waals surface area contributed by atoms with E-state index in [-0.39, 0.29) is 23.4 Å². The van der Waals surface area contributed by atoms with E-state index in [0.717, 1.165) is 23.1 Å². The highest BCUT2D eigenvalue weighted by Crippen LogP contribution is 2.35. The standard InChI is InChI=1S/C23H24BrCl2NO3/c1-3-4-16-5-7-17(8-6-16)22-23(29-12-11-27(22)21(28)14-24)30-15(2)18-9-10-19(25)20(26)13-18/h3,5-10,13,15,22-23H,1,4,11-12,14H2,2H3/t15?,22-,23+/m0/s1. The fourth-order valence-corrected chi connectivity index (χ4v) is 4.14. The number of alkyl halides is 1. The SMILES string of the molecule is C=CCc1ccc([C@H]2[C@@H](OC(C)c3ccc(Cl)c(Cl)c3)OCCN2C(=O)CBr)cc1. The second kappa shape index (κ2) is 10.8. The summed E-state index contributed by atoms with van der Waals surface area (Å²) < 4.78 is 12.3. The molecule has 1 aliphatic heterocycles. The summed E-state index contributed by atoms with van der Waals surface area (Å²) in [6.45, 7) is 6.62. The number of hydrogen-bond donors (Lipinski definition) is 0. The van der Waals surface area contributed by atoms with Gasteiger partial charge in [-0.25, -0.2) is 0 Å². The molecule has 0 N–H and O–H groups in total. The molecule has 4 nitrogen and oxygen atoms in total. The summed E-state index contributed by atoms with van der Waals surface area (Å²) in [5.41, 5.74) is 3.01. The molecule has 30 heavy (non-hydrogen) atoms. The van der Waals surface area contributed by atoms with E-state index >= 15 is 0 Å². The number of nitrogens with zero attached hydrogens (tertiary/aromatic N) is 1. The average Bonchev–Trinajstić information content (AvgIpc) is 2.75. The zero-order valence-electron chi connectivity index (χ0n) is 16.7. The zero-order valence-corrected chi connectivity index (χ0v) is 19.8. The summed E-state index contributed by atoms with van der Waals surface area (Å²) in [6.07, 6.45) is 1.74. The molecular formula is C23H24BrCl2NO3. The first-order valence-electron chi connectivity index (χ1n) is 9.71. The predicted octanol–water partition coefficient (Wildman–Crippen LogP) is 6.12. The van der Waals surface area contributed by atoms with Gasteiger partial charge in [-0.2, -0.15) is 0 Å². The number of allylic oxidation sites excluding steroid dienone is 1. The molecule has 0 radical (unpaired) electrons. The van der Waals surface area contributed by atoms with Crippen molar-refractivity contribution in [1.82, 2.24) is 4.90 Å². The Labute approximate surface area is 195 Å². The number of amides is 1. The van der Waals surface area contributed by atoms with Crippen LogP contribution in [0.1, 0.15) is 35.8 Å². The number of carbonyl (C=O) groups is 1. The van der Waals surface area contributed by atoms with E-state index in [1.807, 2.05) is 48.2 Å². The topological polar surface area (TPSA) is 38.8 Å². The molecule has 1 aliphatic rings. The first-order valence-corrected chi connectivity index (χ1v) is 11.6. The van der Waals surface area contributed by atoms with Gasteiger partial charge in [-0.15, -0.1) is 6.58 Å². The highest BCUT2D eigenvalue weighted by atomic mass is 79.9. The van der Waals surface area contributed by atoms with Gasteiger partial charge in [-0.1, -0.05) is 75.5 Å². The number of halogens is 3. The summed E-state index contributed by atoms with van der Waals surface area (Å²) in [7, 11) is 0. The molecule has 2 aromatic rings. The molecule has 1 amide bonds. The maximum absolute atomic E-state index is 12.6. The highest BCUT2D eigenvalue weighted by molar-refractivity contribution is 9.09. The lowest BCUT2D eigenvalue weighted by Gasteiger charge is -2.42. The first-order chi connectivity index (χ1) is 14.4. The van der Waals surface area contributed by atoms with Gasteiger partial charge in [0.25, 0.3) is 0 Å². The lowest BCUT2D eigenvalue weighted by molar-refractivity contribution is -0.228. The van der Waals surface area contributed by atoms with Crippen LogP contribution in [-0.4, -0.2) is 35.6 Å². The van der Waals surface area contributed by atoms with Crippen molar-refractivity contribution in [3.63, 3.8) is 0 Å². The molecule has 1 unspecified atom stereocenters. The van der Waals surface area contributed by atoms with Crippen LogP contribution in [0.15, 0.2) is 55.1 Å². The van der Waals surface area contributed by atoms with E-state index in [2.05, 4.69) is 22.5 Å². The quantitative estimate of drug-likeness (QED) is 0.331. The minimum Gasteiger partial charge on any atom is -0.348 e. The fraction of sp³-hybridized carbons (Fsp3) is 0.348. The van der Waals surface area contributed by atoms with Gasteiger partial charge in [0.05, 0.1) is 28.1 Å². The van der Waals surface area contributed by atoms with Crippen molar-refractivity contribution in [1.29, 1.82) is 0 Å². The Bertz CT molecular complexity index is 891. The van der Waals surface area contributed by atoms with E-state index in [9.17, 15) is 4.79 Å². The number of carbonyl (C=O) groups excluding carboxylic acids is 1. The molecule has 3 rings (SSSR count). The number of morpholine rings is 1. The molecule has 0 spiro atoms. The second-order valence-electron chi connectivity index (χ2n) is 7.09. The van der Waals surface area contributed by atoms with Crippen molar-refractivity contribution in [3.05, 3.63) is 81.9 Å². The molecule has 0 aromatic heterocycles. The Kier molecular flexibility index (Phi) is 8.37. The molecule has 160 valence electrons. The smallest absolute Gasteiger partial charge is 0.233 e. The van der Waals surface area contributed by atoms with Crippen LogP contribution < -0.4 is 0 Å². The minimum absolute atomic E-state index is 0.00532. The van der Waals surface area contributed by atoms with Gasteiger partial charge in [0.15, 0.2) is 6.29 Å². The third kappa shape index (κ3) is 5.45. The largest absolute Gasteiger partial charge is 0.348 e. The fourth-order valence-electron chi connectivity index (χ4n) is 3.51. The molecule has 1 fully saturated rings. The monoisotopic (exact) mass is 511 g/mol. The lowest BCUT2D eigenvalue weighted by Crippen LogP contribution is -2.49. The Morgan fingerprint density at radius 3 is 2.67 bits per heavy atom. The highest BCUT2D eigenvalue weighted by Gasteiger charge is 2.37. The van der Waals surface area contributed by atoms with Crippen LogP contribution in [0, 0.1) is 0 Å². The predicted molar refractivity (Wildman–Crippen MR) is 124 cm³/mol. The van der Waals surface area contributed by atoms with Crippen molar-refractivity contribution in [2.24, 2.45) is 0 Å². The van der Waals surface area contributed by atoms with Gasteiger partial charge in [0, 0.05) is 6.54 Å². The van der Waals surface area contributed by atoms with Gasteiger partial charge in [0.1, 0.15) is 6.04 Å². The molecule has 0 saturated carbocycles. The van der Waals surface area contributed by atoms with Gasteiger partial charge >= 0.3 is 0 Å². The first kappa shape index (κ1) is 23.3. The van der Waals surface area contributed by atoms with E-state index in [0.29, 0.717) is 23.2 Å². The maximum atomic E-state index is 12.6. The molecule has 3 atom stereocenters. The van der Waals surface area contributed by atoms with Crippen LogP contribution in [0.5, 0.6) is 0 Å². The van der Waals surface area contributed by atoms with E-state index in [1.165, 1.54) is 0 Å². The van der Waals surface area contributed by atoms with Crippen LogP contribution in [-0.2, 0) is 20.7 Å². The Morgan fingerprint density at radius 1 is 1.30 bits per heavy atom. The van der Waals surface area contributed by atoms with E-state index < -0.39 is 6.29 Å². The lowest BCUT2D eigenvalue weighted by atomic mass is 10.00. The van der Waals surface area contributed by atoms with Crippen LogP contribution in [0.4, 0.5) is 0 Å². The molecule has 1 heterocycles. The molecule has 2 aromatic carbocycles. The number of ether oxygens (including phenoxy) is 2. The van der Waals surface area contributed by atoms with Crippen molar-refractivity contribution >= 4 is 45.0 Å². The van der Waals surface area contributed by atoms with Crippen LogP contribution >= 0.6 is 39.1 Å². The third-order valence-electron chi connectivity index (χ3n) is 5.10.